The topological polar surface area (TPSA) is 3.24 Å². The molecule has 0 fully saturated rings. The molecule has 0 amide bonds. The second-order valence-corrected chi connectivity index (χ2v) is 12.6. The lowest BCUT2D eigenvalue weighted by atomic mass is 9.82. The predicted octanol–water partition coefficient (Wildman–Crippen LogP) is 11.0. The van der Waals surface area contributed by atoms with Gasteiger partial charge >= 0.3 is 0 Å². The Morgan fingerprint density at radius 2 is 1.25 bits per heavy atom. The van der Waals surface area contributed by atoms with Crippen LogP contribution in [0.25, 0.3) is 22.3 Å². The molecule has 0 unspecified atom stereocenters. The van der Waals surface area contributed by atoms with Crippen LogP contribution in [0.15, 0.2) is 115 Å². The fourth-order valence-electron chi connectivity index (χ4n) is 6.28. The van der Waals surface area contributed by atoms with Crippen LogP contribution in [0.2, 0.25) is 0 Å². The Hall–Kier alpha value is -4.10. The first kappa shape index (κ1) is 26.1. The Labute approximate surface area is 240 Å². The lowest BCUT2D eigenvalue weighted by molar-refractivity contribution is 0.591. The van der Waals surface area contributed by atoms with E-state index < -0.39 is 0 Å². The number of benzene rings is 5. The Bertz CT molecular complexity index is 1670. The number of hydrogen-bond donors (Lipinski definition) is 0. The summed E-state index contributed by atoms with van der Waals surface area (Å²) in [7, 11) is 0. The van der Waals surface area contributed by atoms with Gasteiger partial charge in [0.2, 0.25) is 0 Å². The molecule has 6 rings (SSSR count). The molecule has 0 aromatic heterocycles. The molecule has 200 valence electrons. The fourth-order valence-corrected chi connectivity index (χ4v) is 6.28. The Morgan fingerprint density at radius 1 is 0.600 bits per heavy atom. The van der Waals surface area contributed by atoms with Gasteiger partial charge in [-0.1, -0.05) is 120 Å². The quantitative estimate of drug-likeness (QED) is 0.222. The normalized spacial score (nSPS) is 13.6. The molecule has 0 radical (unpaired) electrons. The van der Waals surface area contributed by atoms with Crippen molar-refractivity contribution < 1.29 is 0 Å². The van der Waals surface area contributed by atoms with Gasteiger partial charge < -0.3 is 4.90 Å². The molecule has 0 spiro atoms. The Morgan fingerprint density at radius 3 is 1.95 bits per heavy atom. The molecule has 0 N–H and O–H groups in total. The van der Waals surface area contributed by atoms with Gasteiger partial charge in [0.05, 0.1) is 0 Å². The summed E-state index contributed by atoms with van der Waals surface area (Å²) in [5.41, 5.74) is 14.2. The molecule has 1 aliphatic rings. The van der Waals surface area contributed by atoms with Gasteiger partial charge in [-0.2, -0.15) is 0 Å². The summed E-state index contributed by atoms with van der Waals surface area (Å²) in [4.78, 5) is 2.47. The second-order valence-electron chi connectivity index (χ2n) is 12.6. The highest BCUT2D eigenvalue weighted by Gasteiger charge is 2.36. The van der Waals surface area contributed by atoms with Crippen molar-refractivity contribution in [3.8, 4) is 22.3 Å². The van der Waals surface area contributed by atoms with Crippen molar-refractivity contribution in [3.05, 3.63) is 138 Å². The first-order valence-electron chi connectivity index (χ1n) is 14.5. The molecule has 1 heteroatoms. The smallest absolute Gasteiger partial charge is 0.0499 e. The van der Waals surface area contributed by atoms with Crippen LogP contribution in [-0.4, -0.2) is 0 Å². The van der Waals surface area contributed by atoms with Crippen LogP contribution in [0.4, 0.5) is 17.1 Å². The van der Waals surface area contributed by atoms with Gasteiger partial charge in [0.1, 0.15) is 0 Å². The average molecular weight is 522 g/mol. The minimum Gasteiger partial charge on any atom is -0.310 e. The van der Waals surface area contributed by atoms with E-state index in [-0.39, 0.29) is 10.8 Å². The summed E-state index contributed by atoms with van der Waals surface area (Å²) in [5.74, 6) is 0. The third-order valence-corrected chi connectivity index (χ3v) is 8.58. The molecule has 1 aliphatic carbocycles. The molecule has 0 heterocycles. The second kappa shape index (κ2) is 9.82. The highest BCUT2D eigenvalue weighted by Crippen LogP contribution is 2.51. The van der Waals surface area contributed by atoms with Crippen molar-refractivity contribution >= 4 is 17.1 Å². The molecule has 0 atom stereocenters. The van der Waals surface area contributed by atoms with E-state index in [1.807, 2.05) is 0 Å². The number of fused-ring (bicyclic) bond motifs is 3. The molecule has 0 bridgehead atoms. The minimum atomic E-state index is -0.0519. The first-order chi connectivity index (χ1) is 19.2. The van der Waals surface area contributed by atoms with Crippen molar-refractivity contribution in [2.45, 2.75) is 58.8 Å². The number of nitrogens with zero attached hydrogens (tertiary/aromatic N) is 1. The number of hydrogen-bond acceptors (Lipinski definition) is 1. The van der Waals surface area contributed by atoms with Crippen LogP contribution in [0.5, 0.6) is 0 Å². The van der Waals surface area contributed by atoms with Crippen molar-refractivity contribution in [1.82, 2.24) is 0 Å². The van der Waals surface area contributed by atoms with E-state index in [1.165, 1.54) is 61.6 Å². The Balaban J connectivity index is 1.57. The van der Waals surface area contributed by atoms with Crippen LogP contribution >= 0.6 is 0 Å². The summed E-state index contributed by atoms with van der Waals surface area (Å²) in [5, 5.41) is 0. The van der Waals surface area contributed by atoms with E-state index in [0.717, 1.165) is 6.42 Å². The number of anilines is 3. The molecule has 5 aromatic rings. The van der Waals surface area contributed by atoms with E-state index in [2.05, 4.69) is 162 Å². The van der Waals surface area contributed by atoms with Gasteiger partial charge in [-0.3, -0.25) is 0 Å². The van der Waals surface area contributed by atoms with Crippen molar-refractivity contribution in [3.63, 3.8) is 0 Å². The molecule has 1 nitrogen and oxygen atoms in total. The molecule has 0 saturated heterocycles. The highest BCUT2D eigenvalue weighted by molar-refractivity contribution is 5.87. The predicted molar refractivity (Wildman–Crippen MR) is 172 cm³/mol. The van der Waals surface area contributed by atoms with Gasteiger partial charge in [-0.15, -0.1) is 0 Å². The van der Waals surface area contributed by atoms with Crippen LogP contribution in [0.1, 0.15) is 63.8 Å². The maximum atomic E-state index is 2.47. The molecule has 40 heavy (non-hydrogen) atoms. The van der Waals surface area contributed by atoms with Crippen molar-refractivity contribution in [2.24, 2.45) is 0 Å². The van der Waals surface area contributed by atoms with Gasteiger partial charge in [0.25, 0.3) is 0 Å². The van der Waals surface area contributed by atoms with Crippen molar-refractivity contribution in [1.29, 1.82) is 0 Å². The highest BCUT2D eigenvalue weighted by atomic mass is 15.1. The minimum absolute atomic E-state index is 0.0477. The molecule has 0 saturated carbocycles. The molecular weight excluding hydrogens is 482 g/mol. The Kier molecular flexibility index (Phi) is 6.42. The van der Waals surface area contributed by atoms with E-state index in [4.69, 9.17) is 0 Å². The first-order valence-corrected chi connectivity index (χ1v) is 14.5. The molecule has 0 aliphatic heterocycles. The maximum absolute atomic E-state index is 2.47. The van der Waals surface area contributed by atoms with Gasteiger partial charge in [0.15, 0.2) is 0 Å². The SMILES string of the molecule is CCc1ccc(N(c2ccc3c(c2)C(C)(C)c2ccccc2-3)c2ccc(-c3ccccc3)cc2C(C)(C)C)cc1. The van der Waals surface area contributed by atoms with Crippen LogP contribution in [-0.2, 0) is 17.3 Å². The standard InChI is InChI=1S/C39H39N/c1-7-27-17-20-30(21-18-27)40(31-22-23-33-32-15-11-12-16-34(32)39(5,6)35(33)26-31)37-24-19-29(25-36(37)38(2,3)4)28-13-9-8-10-14-28/h8-26H,7H2,1-6H3. The monoisotopic (exact) mass is 521 g/mol. The number of rotatable bonds is 5. The maximum Gasteiger partial charge on any atom is 0.0499 e. The third-order valence-electron chi connectivity index (χ3n) is 8.58. The van der Waals surface area contributed by atoms with Gasteiger partial charge in [-0.25, -0.2) is 0 Å². The number of aryl methyl sites for hydroxylation is 1. The van der Waals surface area contributed by atoms with Crippen LogP contribution < -0.4 is 4.90 Å². The summed E-state index contributed by atoms with van der Waals surface area (Å²) in [6.07, 6.45) is 1.03. The van der Waals surface area contributed by atoms with Crippen LogP contribution in [0.3, 0.4) is 0 Å². The zero-order valence-corrected chi connectivity index (χ0v) is 24.6. The lowest BCUT2D eigenvalue weighted by Gasteiger charge is -2.33. The average Bonchev–Trinajstić information content (AvgIpc) is 3.20. The summed E-state index contributed by atoms with van der Waals surface area (Å²) in [6.45, 7) is 13.9. The van der Waals surface area contributed by atoms with Crippen molar-refractivity contribution in [2.75, 3.05) is 4.90 Å². The largest absolute Gasteiger partial charge is 0.310 e. The fraction of sp³-hybridized carbons (Fsp3) is 0.231. The van der Waals surface area contributed by atoms with E-state index >= 15 is 0 Å². The lowest BCUT2D eigenvalue weighted by Crippen LogP contribution is -2.20. The summed E-state index contributed by atoms with van der Waals surface area (Å²) < 4.78 is 0. The van der Waals surface area contributed by atoms with E-state index in [1.54, 1.807) is 0 Å². The summed E-state index contributed by atoms with van der Waals surface area (Å²) >= 11 is 0. The zero-order chi connectivity index (χ0) is 28.1. The van der Waals surface area contributed by atoms with E-state index in [9.17, 15) is 0 Å². The van der Waals surface area contributed by atoms with Gasteiger partial charge in [-0.05, 0) is 92.7 Å². The molecular formula is C39H39N. The van der Waals surface area contributed by atoms with Crippen LogP contribution in [0, 0.1) is 0 Å². The zero-order valence-electron chi connectivity index (χ0n) is 24.6. The van der Waals surface area contributed by atoms with Gasteiger partial charge in [0, 0.05) is 22.5 Å². The summed E-state index contributed by atoms with van der Waals surface area (Å²) in [6, 6.07) is 42.8. The van der Waals surface area contributed by atoms with E-state index in [0.29, 0.717) is 0 Å². The molecule has 5 aromatic carbocycles. The third kappa shape index (κ3) is 4.44.